The van der Waals surface area contributed by atoms with Crippen molar-refractivity contribution in [3.63, 3.8) is 0 Å². The lowest BCUT2D eigenvalue weighted by Crippen LogP contribution is -2.34. The Morgan fingerprint density at radius 1 is 1.23 bits per heavy atom. The molecule has 1 saturated heterocycles. The number of carbonyl (C=O) groups is 2. The van der Waals surface area contributed by atoms with Gasteiger partial charge in [0.15, 0.2) is 5.17 Å². The number of aliphatic imine (C=N–C) groups is 1. The summed E-state index contributed by atoms with van der Waals surface area (Å²) in [6, 6.07) is 10.0. The van der Waals surface area contributed by atoms with Gasteiger partial charge < -0.3 is 10.1 Å². The predicted octanol–water partition coefficient (Wildman–Crippen LogP) is 4.73. The van der Waals surface area contributed by atoms with Crippen LogP contribution < -0.4 is 10.1 Å². The molecule has 1 unspecified atom stereocenters. The minimum atomic E-state index is -0.870. The van der Waals surface area contributed by atoms with Gasteiger partial charge in [0.05, 0.1) is 18.5 Å². The SMILES string of the molecule is CCCCN1C(=O)C(CC(=O)Nc2ccc(F)cc2F)SC1=Nc1ccc(OC)cc1. The molecular formula is C22H23F2N3O3S. The van der Waals surface area contributed by atoms with Crippen molar-refractivity contribution in [2.45, 2.75) is 31.4 Å². The average Bonchev–Trinajstić information content (AvgIpc) is 3.03. The van der Waals surface area contributed by atoms with Crippen LogP contribution in [0.25, 0.3) is 0 Å². The van der Waals surface area contributed by atoms with Gasteiger partial charge in [-0.25, -0.2) is 13.8 Å². The van der Waals surface area contributed by atoms with E-state index in [-0.39, 0.29) is 18.0 Å². The fourth-order valence-electron chi connectivity index (χ4n) is 2.97. The first-order valence-electron chi connectivity index (χ1n) is 9.87. The third kappa shape index (κ3) is 5.81. The molecule has 0 saturated carbocycles. The number of nitrogens with one attached hydrogen (secondary N) is 1. The fourth-order valence-corrected chi connectivity index (χ4v) is 4.16. The molecule has 1 aliphatic heterocycles. The molecule has 1 N–H and O–H groups in total. The third-order valence-electron chi connectivity index (χ3n) is 4.63. The Bertz CT molecular complexity index is 982. The minimum Gasteiger partial charge on any atom is -0.497 e. The summed E-state index contributed by atoms with van der Waals surface area (Å²) >= 11 is 1.21. The molecule has 0 radical (unpaired) electrons. The second kappa shape index (κ2) is 10.4. The molecule has 1 fully saturated rings. The number of anilines is 1. The van der Waals surface area contributed by atoms with Gasteiger partial charge in [0.1, 0.15) is 22.6 Å². The number of hydrogen-bond donors (Lipinski definition) is 1. The van der Waals surface area contributed by atoms with Crippen LogP contribution in [0.4, 0.5) is 20.2 Å². The maximum Gasteiger partial charge on any atom is 0.242 e. The van der Waals surface area contributed by atoms with E-state index in [1.165, 1.54) is 11.8 Å². The van der Waals surface area contributed by atoms with Crippen LogP contribution in [0.15, 0.2) is 47.5 Å². The lowest BCUT2D eigenvalue weighted by molar-refractivity contribution is -0.128. The highest BCUT2D eigenvalue weighted by molar-refractivity contribution is 8.15. The average molecular weight is 448 g/mol. The maximum atomic E-state index is 13.8. The van der Waals surface area contributed by atoms with Gasteiger partial charge in [0.25, 0.3) is 0 Å². The van der Waals surface area contributed by atoms with Crippen molar-refractivity contribution in [3.8, 4) is 5.75 Å². The number of carbonyl (C=O) groups excluding carboxylic acids is 2. The van der Waals surface area contributed by atoms with Crippen LogP contribution in [0, 0.1) is 11.6 Å². The summed E-state index contributed by atoms with van der Waals surface area (Å²) in [5.41, 5.74) is 0.535. The van der Waals surface area contributed by atoms with Crippen molar-refractivity contribution in [1.29, 1.82) is 0 Å². The van der Waals surface area contributed by atoms with Gasteiger partial charge in [-0.2, -0.15) is 0 Å². The lowest BCUT2D eigenvalue weighted by atomic mass is 10.2. The number of thioether (sulfide) groups is 1. The van der Waals surface area contributed by atoms with E-state index in [0.717, 1.165) is 25.0 Å². The Hall–Kier alpha value is -2.94. The normalized spacial score (nSPS) is 17.3. The fraction of sp³-hybridized carbons (Fsp3) is 0.318. The smallest absolute Gasteiger partial charge is 0.242 e. The molecular weight excluding hydrogens is 424 g/mol. The molecule has 31 heavy (non-hydrogen) atoms. The second-order valence-electron chi connectivity index (χ2n) is 6.92. The number of unbranched alkanes of at least 4 members (excludes halogenated alkanes) is 1. The van der Waals surface area contributed by atoms with Gasteiger partial charge in [0.2, 0.25) is 11.8 Å². The highest BCUT2D eigenvalue weighted by Crippen LogP contribution is 2.32. The van der Waals surface area contributed by atoms with Gasteiger partial charge in [-0.1, -0.05) is 25.1 Å². The van der Waals surface area contributed by atoms with Crippen molar-refractivity contribution in [1.82, 2.24) is 4.90 Å². The second-order valence-corrected chi connectivity index (χ2v) is 8.09. The van der Waals surface area contributed by atoms with E-state index in [1.54, 1.807) is 36.3 Å². The van der Waals surface area contributed by atoms with Crippen molar-refractivity contribution in [2.75, 3.05) is 19.0 Å². The van der Waals surface area contributed by atoms with Crippen LogP contribution in [0.5, 0.6) is 5.75 Å². The molecule has 0 bridgehead atoms. The predicted molar refractivity (Wildman–Crippen MR) is 118 cm³/mol. The molecule has 0 aliphatic carbocycles. The lowest BCUT2D eigenvalue weighted by Gasteiger charge is -2.16. The van der Waals surface area contributed by atoms with E-state index >= 15 is 0 Å². The van der Waals surface area contributed by atoms with E-state index < -0.39 is 22.8 Å². The monoisotopic (exact) mass is 447 g/mol. The molecule has 2 aromatic rings. The van der Waals surface area contributed by atoms with Crippen LogP contribution in [-0.2, 0) is 9.59 Å². The Kier molecular flexibility index (Phi) is 7.62. The zero-order valence-corrected chi connectivity index (χ0v) is 18.0. The van der Waals surface area contributed by atoms with Gasteiger partial charge in [0, 0.05) is 19.0 Å². The molecule has 3 rings (SSSR count). The van der Waals surface area contributed by atoms with Crippen molar-refractivity contribution in [2.24, 2.45) is 4.99 Å². The standard InChI is InChI=1S/C22H23F2N3O3S/c1-3-4-11-27-21(29)19(13-20(28)26-18-10-5-14(23)12-17(18)24)31-22(27)25-15-6-8-16(30-2)9-7-15/h5-10,12,19H,3-4,11,13H2,1-2H3,(H,26,28). The van der Waals surface area contributed by atoms with E-state index in [2.05, 4.69) is 10.3 Å². The van der Waals surface area contributed by atoms with Gasteiger partial charge in [-0.3, -0.25) is 14.5 Å². The zero-order valence-electron chi connectivity index (χ0n) is 17.2. The Morgan fingerprint density at radius 2 is 1.97 bits per heavy atom. The van der Waals surface area contributed by atoms with Crippen molar-refractivity contribution >= 4 is 40.1 Å². The van der Waals surface area contributed by atoms with Gasteiger partial charge in [-0.15, -0.1) is 0 Å². The number of rotatable bonds is 8. The van der Waals surface area contributed by atoms with Crippen molar-refractivity contribution < 1.29 is 23.1 Å². The largest absolute Gasteiger partial charge is 0.497 e. The molecule has 1 aliphatic rings. The van der Waals surface area contributed by atoms with E-state index in [9.17, 15) is 18.4 Å². The molecule has 164 valence electrons. The molecule has 0 aromatic heterocycles. The summed E-state index contributed by atoms with van der Waals surface area (Å²) in [5, 5.41) is 2.26. The summed E-state index contributed by atoms with van der Waals surface area (Å²) < 4.78 is 32.0. The molecule has 2 aromatic carbocycles. The van der Waals surface area contributed by atoms with E-state index in [4.69, 9.17) is 4.74 Å². The summed E-state index contributed by atoms with van der Waals surface area (Å²) in [6.45, 7) is 2.53. The van der Waals surface area contributed by atoms with E-state index in [1.807, 2.05) is 6.92 Å². The first-order chi connectivity index (χ1) is 14.9. The first kappa shape index (κ1) is 22.7. The van der Waals surface area contributed by atoms with Crippen LogP contribution in [0.3, 0.4) is 0 Å². The summed E-state index contributed by atoms with van der Waals surface area (Å²) in [5.74, 6) is -1.64. The molecule has 6 nitrogen and oxygen atoms in total. The minimum absolute atomic E-state index is 0.128. The topological polar surface area (TPSA) is 71.0 Å². The summed E-state index contributed by atoms with van der Waals surface area (Å²) in [6.07, 6.45) is 1.55. The maximum absolute atomic E-state index is 13.8. The molecule has 1 heterocycles. The van der Waals surface area contributed by atoms with Gasteiger partial charge in [-0.05, 0) is 42.8 Å². The highest BCUT2D eigenvalue weighted by Gasteiger charge is 2.38. The number of amidine groups is 1. The summed E-state index contributed by atoms with van der Waals surface area (Å²) in [4.78, 5) is 31.5. The molecule has 1 atom stereocenters. The molecule has 2 amide bonds. The number of hydrogen-bond acceptors (Lipinski definition) is 5. The summed E-state index contributed by atoms with van der Waals surface area (Å²) in [7, 11) is 1.58. The first-order valence-corrected chi connectivity index (χ1v) is 10.7. The number of nitrogens with zero attached hydrogens (tertiary/aromatic N) is 2. The van der Waals surface area contributed by atoms with Crippen LogP contribution >= 0.6 is 11.8 Å². The third-order valence-corrected chi connectivity index (χ3v) is 5.80. The number of ether oxygens (including phenoxy) is 1. The molecule has 0 spiro atoms. The zero-order chi connectivity index (χ0) is 22.4. The van der Waals surface area contributed by atoms with Gasteiger partial charge >= 0.3 is 0 Å². The number of halogens is 2. The Morgan fingerprint density at radius 3 is 2.61 bits per heavy atom. The number of amides is 2. The van der Waals surface area contributed by atoms with Crippen LogP contribution in [0.2, 0.25) is 0 Å². The highest BCUT2D eigenvalue weighted by atomic mass is 32.2. The quantitative estimate of drug-likeness (QED) is 0.635. The van der Waals surface area contributed by atoms with Crippen LogP contribution in [-0.4, -0.2) is 40.8 Å². The van der Waals surface area contributed by atoms with E-state index in [0.29, 0.717) is 29.2 Å². The Balaban J connectivity index is 1.73. The number of methoxy groups -OCH3 is 1. The molecule has 9 heteroatoms. The number of benzene rings is 2. The van der Waals surface area contributed by atoms with Crippen molar-refractivity contribution in [3.05, 3.63) is 54.1 Å². The van der Waals surface area contributed by atoms with Crippen LogP contribution in [0.1, 0.15) is 26.2 Å². The Labute approximate surface area is 183 Å².